The molecule has 0 aliphatic carbocycles. The summed E-state index contributed by atoms with van der Waals surface area (Å²) in [5.41, 5.74) is 4.63. The Hall–Kier alpha value is -5.76. The van der Waals surface area contributed by atoms with Crippen molar-refractivity contribution < 1.29 is 38.1 Å². The Kier molecular flexibility index (Phi) is 24.0. The zero-order valence-electron chi connectivity index (χ0n) is 32.9. The number of hydrogen-bond donors (Lipinski definition) is 0. The zero-order valence-corrected chi connectivity index (χ0v) is 32.9. The Morgan fingerprint density at radius 3 is 1.58 bits per heavy atom. The number of aldehydes is 2. The van der Waals surface area contributed by atoms with Gasteiger partial charge in [0.1, 0.15) is 24.1 Å². The fraction of sp³-hybridized carbons (Fsp3) is 0.289. The lowest BCUT2D eigenvalue weighted by Gasteiger charge is -2.12. The van der Waals surface area contributed by atoms with Crippen molar-refractivity contribution in [3.8, 4) is 34.1 Å². The smallest absolute Gasteiger partial charge is 0.338 e. The normalized spacial score (nSPS) is 9.30. The first-order chi connectivity index (χ1) is 25.5. The molecule has 284 valence electrons. The molecule has 53 heavy (non-hydrogen) atoms. The highest BCUT2D eigenvalue weighted by atomic mass is 16.6. The van der Waals surface area contributed by atoms with Gasteiger partial charge in [-0.2, -0.15) is 0 Å². The summed E-state index contributed by atoms with van der Waals surface area (Å²) >= 11 is 0. The van der Waals surface area contributed by atoms with Gasteiger partial charge in [-0.05, 0) is 102 Å². The van der Waals surface area contributed by atoms with E-state index in [2.05, 4.69) is 25.8 Å². The molecular weight excluding hydrogens is 668 g/mol. The van der Waals surface area contributed by atoms with Gasteiger partial charge >= 0.3 is 11.9 Å². The SMILES string of the molecule is C=C(C)C=O.C=C(CC)C(=O)Oc1cc2cc(-c3ccc(OC)cc3)ccc2cc1OC.C=C(CC)C(=O)Oc1ccc(CCC=O)cc1.CC.CC. The predicted molar refractivity (Wildman–Crippen MR) is 217 cm³/mol. The minimum atomic E-state index is -0.443. The number of hydrogen-bond acceptors (Lipinski definition) is 8. The van der Waals surface area contributed by atoms with E-state index in [1.165, 1.54) is 0 Å². The Morgan fingerprint density at radius 2 is 1.11 bits per heavy atom. The second-order valence-corrected chi connectivity index (χ2v) is 10.8. The first kappa shape index (κ1) is 47.2. The number of carbonyl (C=O) groups excluding carboxylic acids is 4. The van der Waals surface area contributed by atoms with Crippen LogP contribution in [0.3, 0.4) is 0 Å². The molecule has 0 spiro atoms. The van der Waals surface area contributed by atoms with Crippen LogP contribution in [0.5, 0.6) is 23.0 Å². The van der Waals surface area contributed by atoms with Crippen molar-refractivity contribution in [3.05, 3.63) is 121 Å². The van der Waals surface area contributed by atoms with Crippen LogP contribution < -0.4 is 18.9 Å². The van der Waals surface area contributed by atoms with Crippen molar-refractivity contribution in [2.75, 3.05) is 14.2 Å². The van der Waals surface area contributed by atoms with Crippen molar-refractivity contribution in [1.29, 1.82) is 0 Å². The van der Waals surface area contributed by atoms with Gasteiger partial charge in [-0.25, -0.2) is 9.59 Å². The second-order valence-electron chi connectivity index (χ2n) is 10.8. The third-order valence-corrected chi connectivity index (χ3v) is 7.07. The number of aryl methyl sites for hydroxylation is 1. The maximum atomic E-state index is 12.1. The highest BCUT2D eigenvalue weighted by Crippen LogP contribution is 2.35. The molecule has 0 radical (unpaired) electrons. The summed E-state index contributed by atoms with van der Waals surface area (Å²) in [5, 5.41) is 1.95. The Balaban J connectivity index is 0.000000889. The van der Waals surface area contributed by atoms with Crippen molar-refractivity contribution in [1.82, 2.24) is 0 Å². The third-order valence-electron chi connectivity index (χ3n) is 7.07. The molecule has 8 heteroatoms. The molecule has 0 bridgehead atoms. The average molecular weight is 725 g/mol. The molecule has 0 unspecified atom stereocenters. The van der Waals surface area contributed by atoms with Crippen LogP contribution in [0.4, 0.5) is 0 Å². The molecule has 4 aromatic rings. The van der Waals surface area contributed by atoms with Crippen LogP contribution in [0.1, 0.15) is 73.3 Å². The molecule has 0 saturated carbocycles. The van der Waals surface area contributed by atoms with Gasteiger partial charge in [0, 0.05) is 17.6 Å². The van der Waals surface area contributed by atoms with Gasteiger partial charge in [0.25, 0.3) is 0 Å². The van der Waals surface area contributed by atoms with Gasteiger partial charge in [-0.1, -0.05) is 97.7 Å². The maximum Gasteiger partial charge on any atom is 0.338 e. The lowest BCUT2D eigenvalue weighted by molar-refractivity contribution is -0.131. The molecule has 0 aliphatic rings. The molecule has 0 atom stereocenters. The molecular formula is C45H56O8. The molecule has 0 heterocycles. The topological polar surface area (TPSA) is 105 Å². The van der Waals surface area contributed by atoms with Gasteiger partial charge in [-0.3, -0.25) is 4.79 Å². The van der Waals surface area contributed by atoms with Crippen LogP contribution in [0.2, 0.25) is 0 Å². The molecule has 0 amide bonds. The number of rotatable bonds is 13. The minimum absolute atomic E-state index is 0.386. The molecule has 0 aromatic heterocycles. The number of esters is 2. The fourth-order valence-electron chi connectivity index (χ4n) is 4.05. The van der Waals surface area contributed by atoms with E-state index in [0.717, 1.165) is 45.8 Å². The van der Waals surface area contributed by atoms with Crippen LogP contribution in [0, 0.1) is 0 Å². The zero-order chi connectivity index (χ0) is 40.3. The van der Waals surface area contributed by atoms with Gasteiger partial charge in [0.15, 0.2) is 11.5 Å². The molecule has 0 N–H and O–H groups in total. The highest BCUT2D eigenvalue weighted by molar-refractivity contribution is 5.93. The molecule has 4 rings (SSSR count). The fourth-order valence-corrected chi connectivity index (χ4v) is 4.05. The van der Waals surface area contributed by atoms with Gasteiger partial charge in [0.05, 0.1) is 14.2 Å². The highest BCUT2D eigenvalue weighted by Gasteiger charge is 2.14. The van der Waals surface area contributed by atoms with E-state index >= 15 is 0 Å². The minimum Gasteiger partial charge on any atom is -0.497 e. The first-order valence-corrected chi connectivity index (χ1v) is 17.7. The maximum absolute atomic E-state index is 12.1. The van der Waals surface area contributed by atoms with Crippen molar-refractivity contribution in [3.63, 3.8) is 0 Å². The van der Waals surface area contributed by atoms with Crippen molar-refractivity contribution in [2.45, 2.75) is 74.1 Å². The van der Waals surface area contributed by atoms with Gasteiger partial charge in [-0.15, -0.1) is 0 Å². The van der Waals surface area contributed by atoms with E-state index in [4.69, 9.17) is 18.9 Å². The Labute approximate surface area is 316 Å². The number of methoxy groups -OCH3 is 2. The van der Waals surface area contributed by atoms with E-state index < -0.39 is 11.9 Å². The van der Waals surface area contributed by atoms with E-state index in [1.54, 1.807) is 33.3 Å². The van der Waals surface area contributed by atoms with Crippen LogP contribution in [-0.4, -0.2) is 38.7 Å². The largest absolute Gasteiger partial charge is 0.497 e. The number of carbonyl (C=O) groups is 4. The van der Waals surface area contributed by atoms with Crippen LogP contribution in [0.15, 0.2) is 115 Å². The Morgan fingerprint density at radius 1 is 0.623 bits per heavy atom. The summed E-state index contributed by atoms with van der Waals surface area (Å²) in [5.74, 6) is 1.37. The molecule has 0 saturated heterocycles. The average Bonchev–Trinajstić information content (AvgIpc) is 3.21. The molecule has 0 fully saturated rings. The summed E-state index contributed by atoms with van der Waals surface area (Å²) in [4.78, 5) is 43.2. The Bertz CT molecular complexity index is 1770. The van der Waals surface area contributed by atoms with E-state index in [0.29, 0.717) is 59.7 Å². The van der Waals surface area contributed by atoms with Crippen LogP contribution in [0.25, 0.3) is 21.9 Å². The number of fused-ring (bicyclic) bond motifs is 1. The predicted octanol–water partition coefficient (Wildman–Crippen LogP) is 10.9. The quantitative estimate of drug-likeness (QED) is 0.0581. The van der Waals surface area contributed by atoms with E-state index in [9.17, 15) is 19.2 Å². The third kappa shape index (κ3) is 16.9. The standard InChI is InChI=1S/C23H22O4.C14H16O3.C4H6O.2C2H6/c1-5-15(2)23(24)27-22-14-19-12-17(6-7-18(19)13-21(22)26-4)16-8-10-20(25-3)11-9-16;1-3-11(2)14(16)17-13-8-6-12(7-9-13)5-4-10-15;1-4(2)3-5;2*1-2/h6-14H,2,5H2,1,3-4H3;6-10H,2-5H2,1H3;3H,1H2,2H3;2*1-2H3. The molecule has 0 aliphatic heterocycles. The van der Waals surface area contributed by atoms with Crippen molar-refractivity contribution in [2.24, 2.45) is 0 Å². The van der Waals surface area contributed by atoms with Crippen LogP contribution in [-0.2, 0) is 25.6 Å². The lowest BCUT2D eigenvalue weighted by atomic mass is 10.0. The summed E-state index contributed by atoms with van der Waals surface area (Å²) in [6.45, 7) is 24.0. The number of ether oxygens (including phenoxy) is 4. The summed E-state index contributed by atoms with van der Waals surface area (Å²) in [6.07, 6.45) is 3.94. The van der Waals surface area contributed by atoms with Crippen molar-refractivity contribution >= 4 is 35.3 Å². The number of allylic oxidation sites excluding steroid dienone is 1. The summed E-state index contributed by atoms with van der Waals surface area (Å²) in [6, 6.07) is 24.8. The summed E-state index contributed by atoms with van der Waals surface area (Å²) < 4.78 is 21.2. The van der Waals surface area contributed by atoms with E-state index in [-0.39, 0.29) is 0 Å². The number of benzene rings is 4. The summed E-state index contributed by atoms with van der Waals surface area (Å²) in [7, 11) is 3.20. The first-order valence-electron chi connectivity index (χ1n) is 17.7. The monoisotopic (exact) mass is 724 g/mol. The lowest BCUT2D eigenvalue weighted by Crippen LogP contribution is -2.10. The van der Waals surface area contributed by atoms with Gasteiger partial charge in [0.2, 0.25) is 0 Å². The van der Waals surface area contributed by atoms with E-state index in [1.807, 2.05) is 102 Å². The second kappa shape index (κ2) is 27.0. The van der Waals surface area contributed by atoms with Crippen LogP contribution >= 0.6 is 0 Å². The van der Waals surface area contributed by atoms with Gasteiger partial charge < -0.3 is 23.7 Å². The molecule has 4 aromatic carbocycles. The molecule has 8 nitrogen and oxygen atoms in total.